The van der Waals surface area contributed by atoms with Gasteiger partial charge in [0, 0.05) is 25.3 Å². The van der Waals surface area contributed by atoms with Crippen LogP contribution in [0.25, 0.3) is 0 Å². The lowest BCUT2D eigenvalue weighted by Gasteiger charge is -2.37. The third-order valence-corrected chi connectivity index (χ3v) is 3.19. The van der Waals surface area contributed by atoms with Crippen LogP contribution in [0, 0.1) is 0 Å². The van der Waals surface area contributed by atoms with Crippen LogP contribution in [-0.4, -0.2) is 36.2 Å². The van der Waals surface area contributed by atoms with Crippen LogP contribution in [0.2, 0.25) is 0 Å². The normalized spacial score (nSPS) is 19.8. The molecule has 20 heavy (non-hydrogen) atoms. The maximum absolute atomic E-state index is 12.3. The lowest BCUT2D eigenvalue weighted by molar-refractivity contribution is 0.0118. The van der Waals surface area contributed by atoms with Crippen molar-refractivity contribution in [3.8, 4) is 0 Å². The van der Waals surface area contributed by atoms with Gasteiger partial charge in [-0.2, -0.15) is 0 Å². The molecule has 1 aromatic carbocycles. The molecule has 3 N–H and O–H groups in total. The zero-order valence-electron chi connectivity index (χ0n) is 12.3. The van der Waals surface area contributed by atoms with E-state index >= 15 is 0 Å². The topological polar surface area (TPSA) is 67.6 Å². The van der Waals surface area contributed by atoms with Crippen LogP contribution in [0.4, 0.5) is 10.5 Å². The van der Waals surface area contributed by atoms with Crippen LogP contribution >= 0.6 is 0 Å². The number of carbonyl (C=O) groups is 1. The van der Waals surface area contributed by atoms with Crippen molar-refractivity contribution in [2.24, 2.45) is 0 Å². The lowest BCUT2D eigenvalue weighted by Crippen LogP contribution is -2.50. The molecule has 0 aromatic heterocycles. The number of amides is 1. The number of hydrogen-bond donors (Lipinski definition) is 2. The SMILES string of the molecule is CC(C)(C)OC(=O)N1CCNCC1c1ccc(N)cc1. The van der Waals surface area contributed by atoms with Crippen LogP contribution in [0.3, 0.4) is 0 Å². The summed E-state index contributed by atoms with van der Waals surface area (Å²) in [6.45, 7) is 7.79. The number of piperazine rings is 1. The van der Waals surface area contributed by atoms with E-state index in [2.05, 4.69) is 5.32 Å². The van der Waals surface area contributed by atoms with Gasteiger partial charge in [-0.3, -0.25) is 4.90 Å². The van der Waals surface area contributed by atoms with E-state index in [1.54, 1.807) is 4.90 Å². The number of carbonyl (C=O) groups excluding carboxylic acids is 1. The molecule has 1 atom stereocenters. The van der Waals surface area contributed by atoms with Gasteiger partial charge in [0.05, 0.1) is 6.04 Å². The predicted octanol–water partition coefficient (Wildman–Crippen LogP) is 2.15. The van der Waals surface area contributed by atoms with Gasteiger partial charge in [0.15, 0.2) is 0 Å². The number of hydrogen-bond acceptors (Lipinski definition) is 4. The fraction of sp³-hybridized carbons (Fsp3) is 0.533. The van der Waals surface area contributed by atoms with Gasteiger partial charge in [-0.25, -0.2) is 4.79 Å². The van der Waals surface area contributed by atoms with E-state index in [1.807, 2.05) is 45.0 Å². The summed E-state index contributed by atoms with van der Waals surface area (Å²) in [5.41, 5.74) is 7.02. The molecule has 0 radical (unpaired) electrons. The fourth-order valence-electron chi connectivity index (χ4n) is 2.26. The zero-order chi connectivity index (χ0) is 14.8. The van der Waals surface area contributed by atoms with Crippen molar-refractivity contribution in [3.63, 3.8) is 0 Å². The Morgan fingerprint density at radius 2 is 2.00 bits per heavy atom. The van der Waals surface area contributed by atoms with Crippen molar-refractivity contribution >= 4 is 11.8 Å². The van der Waals surface area contributed by atoms with Crippen molar-refractivity contribution in [2.75, 3.05) is 25.4 Å². The number of nitrogen functional groups attached to an aromatic ring is 1. The molecule has 5 nitrogen and oxygen atoms in total. The Morgan fingerprint density at radius 1 is 1.35 bits per heavy atom. The first-order valence-corrected chi connectivity index (χ1v) is 6.92. The third kappa shape index (κ3) is 3.63. The highest BCUT2D eigenvalue weighted by molar-refractivity contribution is 5.69. The van der Waals surface area contributed by atoms with Crippen LogP contribution in [0.15, 0.2) is 24.3 Å². The summed E-state index contributed by atoms with van der Waals surface area (Å²) in [5.74, 6) is 0. The monoisotopic (exact) mass is 277 g/mol. The maximum atomic E-state index is 12.3. The number of ether oxygens (including phenoxy) is 1. The number of nitrogens with two attached hydrogens (primary N) is 1. The predicted molar refractivity (Wildman–Crippen MR) is 79.4 cm³/mol. The van der Waals surface area contributed by atoms with Crippen LogP contribution in [0.5, 0.6) is 0 Å². The molecule has 110 valence electrons. The average Bonchev–Trinajstić information content (AvgIpc) is 2.38. The molecule has 2 rings (SSSR count). The molecule has 1 heterocycles. The largest absolute Gasteiger partial charge is 0.444 e. The molecular formula is C15H23N3O2. The molecule has 1 unspecified atom stereocenters. The van der Waals surface area contributed by atoms with Crippen LogP contribution in [0.1, 0.15) is 32.4 Å². The van der Waals surface area contributed by atoms with Crippen LogP contribution in [-0.2, 0) is 4.74 Å². The van der Waals surface area contributed by atoms with Crippen LogP contribution < -0.4 is 11.1 Å². The molecule has 1 amide bonds. The number of nitrogens with zero attached hydrogens (tertiary/aromatic N) is 1. The minimum Gasteiger partial charge on any atom is -0.444 e. The second-order valence-electron chi connectivity index (χ2n) is 6.06. The Morgan fingerprint density at radius 3 is 2.60 bits per heavy atom. The van der Waals surface area contributed by atoms with Gasteiger partial charge in [0.25, 0.3) is 0 Å². The summed E-state index contributed by atoms with van der Waals surface area (Å²) in [6.07, 6.45) is -0.263. The van der Waals surface area contributed by atoms with E-state index in [0.29, 0.717) is 6.54 Å². The Hall–Kier alpha value is -1.75. The molecule has 0 bridgehead atoms. The van der Waals surface area contributed by atoms with E-state index in [4.69, 9.17) is 10.5 Å². The Balaban J connectivity index is 2.16. The van der Waals surface area contributed by atoms with E-state index in [0.717, 1.165) is 24.3 Å². The molecule has 0 saturated carbocycles. The Bertz CT molecular complexity index is 465. The minimum atomic E-state index is -0.479. The summed E-state index contributed by atoms with van der Waals surface area (Å²) in [4.78, 5) is 14.1. The summed E-state index contributed by atoms with van der Waals surface area (Å²) >= 11 is 0. The van der Waals surface area contributed by atoms with Crippen molar-refractivity contribution in [1.29, 1.82) is 0 Å². The number of nitrogens with one attached hydrogen (secondary N) is 1. The second-order valence-corrected chi connectivity index (χ2v) is 6.06. The van der Waals surface area contributed by atoms with Gasteiger partial charge < -0.3 is 15.8 Å². The maximum Gasteiger partial charge on any atom is 0.410 e. The van der Waals surface area contributed by atoms with E-state index in [1.165, 1.54) is 0 Å². The lowest BCUT2D eigenvalue weighted by atomic mass is 10.0. The molecule has 1 fully saturated rings. The number of benzene rings is 1. The molecule has 0 aliphatic carbocycles. The summed E-state index contributed by atoms with van der Waals surface area (Å²) < 4.78 is 5.49. The van der Waals surface area contributed by atoms with Gasteiger partial charge in [-0.15, -0.1) is 0 Å². The van der Waals surface area contributed by atoms with Crippen molar-refractivity contribution in [3.05, 3.63) is 29.8 Å². The molecule has 1 aliphatic heterocycles. The molecule has 0 spiro atoms. The summed E-state index contributed by atoms with van der Waals surface area (Å²) in [6, 6.07) is 7.63. The fourth-order valence-corrected chi connectivity index (χ4v) is 2.26. The standard InChI is InChI=1S/C15H23N3O2/c1-15(2,3)20-14(19)18-9-8-17-10-13(18)11-4-6-12(16)7-5-11/h4-7,13,17H,8-10,16H2,1-3H3. The Kier molecular flexibility index (Phi) is 4.18. The molecule has 5 heteroatoms. The first-order chi connectivity index (χ1) is 9.37. The van der Waals surface area contributed by atoms with Crippen molar-refractivity contribution in [1.82, 2.24) is 10.2 Å². The average molecular weight is 277 g/mol. The van der Waals surface area contributed by atoms with Gasteiger partial charge in [-0.1, -0.05) is 12.1 Å². The Labute approximate surface area is 120 Å². The van der Waals surface area contributed by atoms with Gasteiger partial charge in [0.2, 0.25) is 0 Å². The van der Waals surface area contributed by atoms with Gasteiger partial charge in [0.1, 0.15) is 5.60 Å². The number of rotatable bonds is 1. The van der Waals surface area contributed by atoms with E-state index < -0.39 is 5.60 Å². The minimum absolute atomic E-state index is 0.0146. The zero-order valence-corrected chi connectivity index (χ0v) is 12.3. The van der Waals surface area contributed by atoms with Crippen molar-refractivity contribution < 1.29 is 9.53 Å². The second kappa shape index (κ2) is 5.71. The smallest absolute Gasteiger partial charge is 0.410 e. The van der Waals surface area contributed by atoms with Gasteiger partial charge in [-0.05, 0) is 38.5 Å². The van der Waals surface area contributed by atoms with Crippen molar-refractivity contribution in [2.45, 2.75) is 32.4 Å². The highest BCUT2D eigenvalue weighted by Gasteiger charge is 2.31. The van der Waals surface area contributed by atoms with E-state index in [9.17, 15) is 4.79 Å². The highest BCUT2D eigenvalue weighted by Crippen LogP contribution is 2.25. The summed E-state index contributed by atoms with van der Waals surface area (Å²) in [7, 11) is 0. The highest BCUT2D eigenvalue weighted by atomic mass is 16.6. The third-order valence-electron chi connectivity index (χ3n) is 3.19. The molecule has 1 aromatic rings. The first-order valence-electron chi connectivity index (χ1n) is 6.92. The molecule has 1 aliphatic rings. The molecule has 1 saturated heterocycles. The molecular weight excluding hydrogens is 254 g/mol. The van der Waals surface area contributed by atoms with Gasteiger partial charge >= 0.3 is 6.09 Å². The van der Waals surface area contributed by atoms with E-state index in [-0.39, 0.29) is 12.1 Å². The quantitative estimate of drug-likeness (QED) is 0.772. The first kappa shape index (κ1) is 14.7. The number of anilines is 1. The summed E-state index contributed by atoms with van der Waals surface area (Å²) in [5, 5.41) is 3.31.